The van der Waals surface area contributed by atoms with Gasteiger partial charge in [-0.2, -0.15) is 0 Å². The van der Waals surface area contributed by atoms with Crippen LogP contribution in [0.5, 0.6) is 0 Å². The molecule has 0 aliphatic rings. The minimum absolute atomic E-state index is 0.0887. The highest BCUT2D eigenvalue weighted by Crippen LogP contribution is 2.45. The minimum atomic E-state index is -4.95. The predicted molar refractivity (Wildman–Crippen MR) is 509 cm³/mol. The fourth-order valence-corrected chi connectivity index (χ4v) is 14.3. The van der Waals surface area contributed by atoms with E-state index in [0.29, 0.717) is 19.3 Å². The van der Waals surface area contributed by atoms with Crippen molar-refractivity contribution in [3.63, 3.8) is 0 Å². The Morgan fingerprint density at radius 1 is 0.231 bits per heavy atom. The third-order valence-electron chi connectivity index (χ3n) is 19.8. The van der Waals surface area contributed by atoms with E-state index in [4.69, 9.17) is 32.3 Å². The Morgan fingerprint density at radius 2 is 0.413 bits per heavy atom. The van der Waals surface area contributed by atoms with Gasteiger partial charge in [-0.1, -0.05) is 395 Å². The van der Waals surface area contributed by atoms with Crippen LogP contribution in [0.2, 0.25) is 0 Å². The Labute approximate surface area is 737 Å². The topological polar surface area (TPSA) is 231 Å². The number of allylic oxidation sites excluding steroid dienone is 32. The third-order valence-corrected chi connectivity index (χ3v) is 21.7. The zero-order chi connectivity index (χ0) is 87.9. The fourth-order valence-electron chi connectivity index (χ4n) is 12.7. The van der Waals surface area contributed by atoms with Gasteiger partial charge in [-0.05, 0) is 161 Å². The van der Waals surface area contributed by atoms with Gasteiger partial charge < -0.3 is 34.2 Å². The molecular formula is C103H172O16P2. The van der Waals surface area contributed by atoms with E-state index in [2.05, 4.69) is 215 Å². The van der Waals surface area contributed by atoms with Crippen LogP contribution in [0.4, 0.5) is 0 Å². The quantitative estimate of drug-likeness (QED) is 0.0146. The number of hydrogen-bond acceptors (Lipinski definition) is 14. The Hall–Kier alpha value is -5.61. The molecule has 0 aliphatic heterocycles. The summed E-state index contributed by atoms with van der Waals surface area (Å²) >= 11 is 0. The Kier molecular flexibility index (Phi) is 89.2. The zero-order valence-electron chi connectivity index (χ0n) is 76.1. The maximum absolute atomic E-state index is 13.1. The van der Waals surface area contributed by atoms with Crippen molar-refractivity contribution in [1.29, 1.82) is 0 Å². The summed E-state index contributed by atoms with van der Waals surface area (Å²) in [5.74, 6) is -1.59. The molecule has 0 spiro atoms. The highest BCUT2D eigenvalue weighted by Gasteiger charge is 2.30. The lowest BCUT2D eigenvalue weighted by Gasteiger charge is -2.21. The van der Waals surface area contributed by atoms with E-state index in [1.54, 1.807) is 0 Å². The summed E-state index contributed by atoms with van der Waals surface area (Å²) in [5, 5.41) is 20.8. The SMILES string of the molecule is CC/C=C\C/C=C\C/C=C\C/C=C\C/C=C\C/C=C\CCCCCCCCCCC(=O)OCC(COP(=O)(O)OCC(O)COP(=O)(O)OCC(O)COC(=O)CCCCCCCCCCCCCCCCCCC/C=C\C/C=C\C/C=C\C/C=C\C/C=C\CC)OC(=O)CCCCCCCCCCC/C=C\C/C=C\C/C=C\C/C=C\C/C=C\CC. The molecule has 0 saturated heterocycles. The standard InChI is InChI=1S/C103H172O16P2/c1-4-7-10-13-16-19-22-25-28-31-34-37-40-43-45-46-47-48-49-50-52-55-56-59-62-65-68-71-74-77-80-83-86-89-101(106)113-92-98(104)93-115-120(109,110)116-94-99(105)95-117-121(111,112)118-97-100(119-103(108)91-88-85-82-79-76-73-70-67-64-61-58-53-42-39-36-33-30-27-24-21-18-15-12-9-6-3)96-114-102(107)90-87-84-81-78-75-72-69-66-63-60-57-54-51-44-41-38-35-32-29-26-23-20-17-14-11-8-5-2/h7-12,16-21,25-30,34-39,43-45,51,53,57-58,60,98-100,104-105H,4-6,13-15,22-24,31-33,40-42,46-50,52,54-56,59,61-97H2,1-3H3,(H,109,110)(H,111,112)/b10-7-,11-8-,12-9-,19-16-,20-17-,21-18-,28-25-,29-26-,30-27-,37-34-,38-35-,39-36-,45-43-,51-44-,58-53-,60-57-. The predicted octanol–water partition coefficient (Wildman–Crippen LogP) is 29.8. The van der Waals surface area contributed by atoms with Crippen molar-refractivity contribution in [2.24, 2.45) is 0 Å². The van der Waals surface area contributed by atoms with Gasteiger partial charge in [0.1, 0.15) is 25.4 Å². The number of phosphoric acid groups is 2. The molecule has 18 heteroatoms. The molecule has 121 heavy (non-hydrogen) atoms. The van der Waals surface area contributed by atoms with Crippen molar-refractivity contribution < 1.29 is 75.8 Å². The molecule has 0 aliphatic carbocycles. The van der Waals surface area contributed by atoms with Gasteiger partial charge in [-0.25, -0.2) is 9.13 Å². The number of rotatable bonds is 89. The third kappa shape index (κ3) is 94.9. The van der Waals surface area contributed by atoms with Crippen molar-refractivity contribution in [1.82, 2.24) is 0 Å². The van der Waals surface area contributed by atoms with E-state index < -0.39 is 91.5 Å². The largest absolute Gasteiger partial charge is 0.472 e. The first kappa shape index (κ1) is 115. The van der Waals surface area contributed by atoms with E-state index in [1.165, 1.54) is 116 Å². The van der Waals surface area contributed by atoms with Gasteiger partial charge in [0.2, 0.25) is 0 Å². The van der Waals surface area contributed by atoms with E-state index in [-0.39, 0.29) is 19.3 Å². The van der Waals surface area contributed by atoms with Crippen LogP contribution < -0.4 is 0 Å². The molecule has 0 fully saturated rings. The monoisotopic (exact) mass is 1730 g/mol. The average Bonchev–Trinajstić information content (AvgIpc) is 0.895. The first-order valence-corrected chi connectivity index (χ1v) is 50.7. The number of aliphatic hydroxyl groups is 2. The molecule has 0 aromatic heterocycles. The number of aliphatic hydroxyl groups excluding tert-OH is 2. The normalized spacial score (nSPS) is 14.6. The zero-order valence-corrected chi connectivity index (χ0v) is 77.9. The summed E-state index contributed by atoms with van der Waals surface area (Å²) in [6.45, 7) is 2.37. The first-order valence-electron chi connectivity index (χ1n) is 47.7. The van der Waals surface area contributed by atoms with Gasteiger partial charge >= 0.3 is 33.6 Å². The molecular weight excluding hydrogens is 1560 g/mol. The molecule has 0 bridgehead atoms. The lowest BCUT2D eigenvalue weighted by Crippen LogP contribution is -2.30. The highest BCUT2D eigenvalue weighted by atomic mass is 31.2. The second-order valence-electron chi connectivity index (χ2n) is 31.4. The van der Waals surface area contributed by atoms with E-state index in [1.807, 2.05) is 0 Å². The number of ether oxygens (including phenoxy) is 3. The molecule has 690 valence electrons. The Morgan fingerprint density at radius 3 is 0.653 bits per heavy atom. The number of phosphoric ester groups is 2. The van der Waals surface area contributed by atoms with Crippen LogP contribution in [0, 0.1) is 0 Å². The molecule has 0 aromatic carbocycles. The number of carbonyl (C=O) groups excluding carboxylic acids is 3. The number of carbonyl (C=O) groups is 3. The van der Waals surface area contributed by atoms with Crippen molar-refractivity contribution in [3.8, 4) is 0 Å². The van der Waals surface area contributed by atoms with Crippen molar-refractivity contribution in [2.75, 3.05) is 39.6 Å². The minimum Gasteiger partial charge on any atom is -0.463 e. The summed E-state index contributed by atoms with van der Waals surface area (Å²) in [7, 11) is -9.82. The van der Waals surface area contributed by atoms with E-state index >= 15 is 0 Å². The van der Waals surface area contributed by atoms with Crippen molar-refractivity contribution in [2.45, 2.75) is 399 Å². The van der Waals surface area contributed by atoms with Gasteiger partial charge in [-0.3, -0.25) is 32.5 Å². The molecule has 0 amide bonds. The second kappa shape index (κ2) is 93.5. The molecule has 0 aromatic rings. The summed E-state index contributed by atoms with van der Waals surface area (Å²) in [4.78, 5) is 59.1. The van der Waals surface area contributed by atoms with Crippen LogP contribution >= 0.6 is 15.6 Å². The van der Waals surface area contributed by atoms with Gasteiger partial charge in [-0.15, -0.1) is 0 Å². The van der Waals surface area contributed by atoms with E-state index in [9.17, 15) is 43.5 Å². The van der Waals surface area contributed by atoms with Crippen LogP contribution in [-0.2, 0) is 55.8 Å². The van der Waals surface area contributed by atoms with Crippen LogP contribution in [0.1, 0.15) is 380 Å². The maximum Gasteiger partial charge on any atom is 0.472 e. The van der Waals surface area contributed by atoms with Crippen molar-refractivity contribution in [3.05, 3.63) is 194 Å². The smallest absolute Gasteiger partial charge is 0.463 e. The first-order chi connectivity index (χ1) is 59.2. The molecule has 5 unspecified atom stereocenters. The molecule has 4 N–H and O–H groups in total. The van der Waals surface area contributed by atoms with E-state index in [0.717, 1.165) is 205 Å². The van der Waals surface area contributed by atoms with Gasteiger partial charge in [0, 0.05) is 19.3 Å². The van der Waals surface area contributed by atoms with Gasteiger partial charge in [0.15, 0.2) is 6.10 Å². The number of hydrogen-bond donors (Lipinski definition) is 4. The van der Waals surface area contributed by atoms with Gasteiger partial charge in [0.05, 0.1) is 26.4 Å². The molecule has 0 radical (unpaired) electrons. The van der Waals surface area contributed by atoms with Crippen molar-refractivity contribution >= 4 is 33.6 Å². The number of unbranched alkanes of at least 4 members (excludes halogenated alkanes) is 34. The fraction of sp³-hybridized carbons (Fsp3) is 0.660. The van der Waals surface area contributed by atoms with Gasteiger partial charge in [0.25, 0.3) is 0 Å². The molecule has 16 nitrogen and oxygen atoms in total. The van der Waals surface area contributed by atoms with Crippen LogP contribution in [0.3, 0.4) is 0 Å². The summed E-state index contributed by atoms with van der Waals surface area (Å²) in [5.41, 5.74) is 0. The molecule has 0 rings (SSSR count). The summed E-state index contributed by atoms with van der Waals surface area (Å²) in [6.07, 6.45) is 125. The highest BCUT2D eigenvalue weighted by molar-refractivity contribution is 7.47. The van der Waals surface area contributed by atoms with Crippen LogP contribution in [0.25, 0.3) is 0 Å². The average molecular weight is 1730 g/mol. The maximum atomic E-state index is 13.1. The second-order valence-corrected chi connectivity index (χ2v) is 34.3. The van der Waals surface area contributed by atoms with Crippen LogP contribution in [0.15, 0.2) is 194 Å². The molecule has 5 atom stereocenters. The van der Waals surface area contributed by atoms with Crippen LogP contribution in [-0.4, -0.2) is 95.9 Å². The summed E-state index contributed by atoms with van der Waals surface area (Å²) < 4.78 is 61.6. The Bertz CT molecular complexity index is 2980. The lowest BCUT2D eigenvalue weighted by atomic mass is 10.0. The Balaban J connectivity index is 4.62. The number of esters is 3. The lowest BCUT2D eigenvalue weighted by molar-refractivity contribution is -0.161. The summed E-state index contributed by atoms with van der Waals surface area (Å²) in [6, 6.07) is 0. The molecule has 0 saturated carbocycles. The molecule has 0 heterocycles.